The first-order valence-electron chi connectivity index (χ1n) is 6.77. The van der Waals surface area contributed by atoms with Crippen LogP contribution in [-0.4, -0.2) is 11.2 Å². The van der Waals surface area contributed by atoms with Gasteiger partial charge in [-0.3, -0.25) is 5.32 Å². The number of fused-ring (bicyclic) bond motifs is 1. The average molecular weight is 286 g/mol. The number of benzene rings is 2. The zero-order chi connectivity index (χ0) is 14.8. The lowest BCUT2D eigenvalue weighted by atomic mass is 10.1. The van der Waals surface area contributed by atoms with Crippen molar-refractivity contribution in [3.05, 3.63) is 59.4 Å². The molecule has 2 aromatic rings. The molecule has 5 heteroatoms. The smallest absolute Gasteiger partial charge is 0.409 e. The molecule has 0 saturated heterocycles. The monoisotopic (exact) mass is 286 g/mol. The van der Waals surface area contributed by atoms with Gasteiger partial charge < -0.3 is 10.4 Å². The number of hydrogen-bond acceptors (Lipinski definition) is 2. The van der Waals surface area contributed by atoms with E-state index in [9.17, 15) is 9.18 Å². The Hall–Kier alpha value is -2.56. The molecule has 0 aromatic heterocycles. The molecule has 0 radical (unpaired) electrons. The highest BCUT2D eigenvalue weighted by atomic mass is 19.1. The third-order valence-electron chi connectivity index (χ3n) is 3.66. The molecule has 0 heterocycles. The molecule has 0 saturated carbocycles. The van der Waals surface area contributed by atoms with E-state index < -0.39 is 6.09 Å². The van der Waals surface area contributed by atoms with Gasteiger partial charge in [0.2, 0.25) is 0 Å². The van der Waals surface area contributed by atoms with Crippen LogP contribution in [0, 0.1) is 5.82 Å². The molecule has 0 fully saturated rings. The minimum atomic E-state index is -1.06. The van der Waals surface area contributed by atoms with E-state index in [0.29, 0.717) is 5.69 Å². The SMILES string of the molecule is O=C(O)Nc1ccc2c(c1)CCC2Nc1ccc(F)cc1. The Labute approximate surface area is 121 Å². The maximum absolute atomic E-state index is 12.9. The van der Waals surface area contributed by atoms with Gasteiger partial charge in [-0.1, -0.05) is 6.07 Å². The average Bonchev–Trinajstić information content (AvgIpc) is 2.83. The first-order chi connectivity index (χ1) is 10.1. The first-order valence-corrected chi connectivity index (χ1v) is 6.77. The quantitative estimate of drug-likeness (QED) is 0.798. The van der Waals surface area contributed by atoms with Crippen LogP contribution in [0.1, 0.15) is 23.6 Å². The van der Waals surface area contributed by atoms with E-state index in [2.05, 4.69) is 10.6 Å². The number of carboxylic acid groups (broad SMARTS) is 1. The predicted molar refractivity (Wildman–Crippen MR) is 79.2 cm³/mol. The molecule has 2 aromatic carbocycles. The Kier molecular flexibility index (Phi) is 3.48. The molecular formula is C16H15FN2O2. The lowest BCUT2D eigenvalue weighted by Gasteiger charge is -2.16. The number of amides is 1. The van der Waals surface area contributed by atoms with Gasteiger partial charge in [-0.2, -0.15) is 0 Å². The largest absolute Gasteiger partial charge is 0.465 e. The van der Waals surface area contributed by atoms with Crippen molar-refractivity contribution in [1.29, 1.82) is 0 Å². The van der Waals surface area contributed by atoms with Gasteiger partial charge in [0.25, 0.3) is 0 Å². The number of carbonyl (C=O) groups is 1. The highest BCUT2D eigenvalue weighted by Crippen LogP contribution is 2.35. The number of rotatable bonds is 3. The number of aryl methyl sites for hydroxylation is 1. The summed E-state index contributed by atoms with van der Waals surface area (Å²) in [4.78, 5) is 10.6. The Morgan fingerprint density at radius 2 is 1.86 bits per heavy atom. The second-order valence-electron chi connectivity index (χ2n) is 5.09. The molecule has 4 nitrogen and oxygen atoms in total. The van der Waals surface area contributed by atoms with Gasteiger partial charge in [0.05, 0.1) is 6.04 Å². The van der Waals surface area contributed by atoms with Crippen LogP contribution in [0.15, 0.2) is 42.5 Å². The molecule has 1 atom stereocenters. The maximum atomic E-state index is 12.9. The second-order valence-corrected chi connectivity index (χ2v) is 5.09. The van der Waals surface area contributed by atoms with E-state index >= 15 is 0 Å². The molecule has 1 aliphatic rings. The van der Waals surface area contributed by atoms with Gasteiger partial charge in [-0.25, -0.2) is 9.18 Å². The molecule has 3 N–H and O–H groups in total. The third-order valence-corrected chi connectivity index (χ3v) is 3.66. The van der Waals surface area contributed by atoms with E-state index in [4.69, 9.17) is 5.11 Å². The molecule has 1 amide bonds. The van der Waals surface area contributed by atoms with Crippen molar-refractivity contribution in [3.63, 3.8) is 0 Å². The number of hydrogen-bond donors (Lipinski definition) is 3. The Morgan fingerprint density at radius 3 is 2.57 bits per heavy atom. The van der Waals surface area contributed by atoms with Crippen LogP contribution in [0.5, 0.6) is 0 Å². The first kappa shape index (κ1) is 13.4. The van der Waals surface area contributed by atoms with Gasteiger partial charge in [0, 0.05) is 11.4 Å². The minimum absolute atomic E-state index is 0.171. The fraction of sp³-hybridized carbons (Fsp3) is 0.188. The van der Waals surface area contributed by atoms with Crippen molar-refractivity contribution in [2.24, 2.45) is 0 Å². The van der Waals surface area contributed by atoms with E-state index in [1.165, 1.54) is 12.1 Å². The van der Waals surface area contributed by atoms with E-state index in [1.807, 2.05) is 12.1 Å². The van der Waals surface area contributed by atoms with E-state index in [0.717, 1.165) is 29.7 Å². The van der Waals surface area contributed by atoms with Crippen molar-refractivity contribution in [2.45, 2.75) is 18.9 Å². The number of halogens is 1. The van der Waals surface area contributed by atoms with Crippen LogP contribution in [0.2, 0.25) is 0 Å². The van der Waals surface area contributed by atoms with Crippen molar-refractivity contribution in [3.8, 4) is 0 Å². The van der Waals surface area contributed by atoms with Crippen LogP contribution < -0.4 is 10.6 Å². The van der Waals surface area contributed by atoms with Crippen molar-refractivity contribution in [1.82, 2.24) is 0 Å². The molecule has 1 aliphatic carbocycles. The van der Waals surface area contributed by atoms with E-state index in [-0.39, 0.29) is 11.9 Å². The number of anilines is 2. The standard InChI is InChI=1S/C16H15FN2O2/c17-11-2-4-12(5-3-11)18-15-8-1-10-9-13(19-16(20)21)6-7-14(10)15/h2-7,9,15,18-19H,1,8H2,(H,20,21). The molecule has 0 aliphatic heterocycles. The van der Waals surface area contributed by atoms with Gasteiger partial charge in [-0.15, -0.1) is 0 Å². The summed E-state index contributed by atoms with van der Waals surface area (Å²) in [5, 5.41) is 14.5. The van der Waals surface area contributed by atoms with Crippen LogP contribution in [0.25, 0.3) is 0 Å². The zero-order valence-electron chi connectivity index (χ0n) is 11.3. The minimum Gasteiger partial charge on any atom is -0.465 e. The lowest BCUT2D eigenvalue weighted by Crippen LogP contribution is -2.09. The molecule has 0 spiro atoms. The molecule has 3 rings (SSSR count). The molecule has 1 unspecified atom stereocenters. The summed E-state index contributed by atoms with van der Waals surface area (Å²) in [5.41, 5.74) is 3.77. The summed E-state index contributed by atoms with van der Waals surface area (Å²) < 4.78 is 12.9. The summed E-state index contributed by atoms with van der Waals surface area (Å²) in [6, 6.07) is 12.0. The van der Waals surface area contributed by atoms with Crippen molar-refractivity contribution >= 4 is 17.5 Å². The van der Waals surface area contributed by atoms with Crippen molar-refractivity contribution in [2.75, 3.05) is 10.6 Å². The van der Waals surface area contributed by atoms with E-state index in [1.54, 1.807) is 18.2 Å². The van der Waals surface area contributed by atoms with Crippen molar-refractivity contribution < 1.29 is 14.3 Å². The zero-order valence-corrected chi connectivity index (χ0v) is 11.3. The van der Waals surface area contributed by atoms with Gasteiger partial charge in [0.1, 0.15) is 5.82 Å². The topological polar surface area (TPSA) is 61.4 Å². The summed E-state index contributed by atoms with van der Waals surface area (Å²) in [5.74, 6) is -0.253. The normalized spacial score (nSPS) is 16.3. The highest BCUT2D eigenvalue weighted by molar-refractivity contribution is 5.83. The fourth-order valence-corrected chi connectivity index (χ4v) is 2.72. The highest BCUT2D eigenvalue weighted by Gasteiger charge is 2.22. The summed E-state index contributed by atoms with van der Waals surface area (Å²) in [7, 11) is 0. The summed E-state index contributed by atoms with van der Waals surface area (Å²) >= 11 is 0. The second kappa shape index (κ2) is 5.44. The molecule has 21 heavy (non-hydrogen) atoms. The number of nitrogens with one attached hydrogen (secondary N) is 2. The Morgan fingerprint density at radius 1 is 1.14 bits per heavy atom. The Balaban J connectivity index is 1.77. The summed E-state index contributed by atoms with van der Waals surface area (Å²) in [6.07, 6.45) is 0.765. The van der Waals surface area contributed by atoms with Crippen LogP contribution in [-0.2, 0) is 6.42 Å². The van der Waals surface area contributed by atoms with Gasteiger partial charge >= 0.3 is 6.09 Å². The summed E-state index contributed by atoms with van der Waals surface area (Å²) in [6.45, 7) is 0. The maximum Gasteiger partial charge on any atom is 0.409 e. The lowest BCUT2D eigenvalue weighted by molar-refractivity contribution is 0.210. The van der Waals surface area contributed by atoms with Crippen LogP contribution in [0.3, 0.4) is 0 Å². The third kappa shape index (κ3) is 2.97. The molecular weight excluding hydrogens is 271 g/mol. The van der Waals surface area contributed by atoms with Crippen LogP contribution >= 0.6 is 0 Å². The molecule has 108 valence electrons. The van der Waals surface area contributed by atoms with Crippen LogP contribution in [0.4, 0.5) is 20.6 Å². The Bertz CT molecular complexity index is 670. The fourth-order valence-electron chi connectivity index (χ4n) is 2.72. The van der Waals surface area contributed by atoms with Gasteiger partial charge in [0.15, 0.2) is 0 Å². The van der Waals surface area contributed by atoms with Gasteiger partial charge in [-0.05, 0) is 60.4 Å². The molecule has 0 bridgehead atoms. The predicted octanol–water partition coefficient (Wildman–Crippen LogP) is 4.02.